The predicted octanol–water partition coefficient (Wildman–Crippen LogP) is 1.73. The Morgan fingerprint density at radius 1 is 1.17 bits per heavy atom. The van der Waals surface area contributed by atoms with Crippen molar-refractivity contribution < 1.29 is 13.9 Å². The number of carbonyl (C=O) groups excluding carboxylic acids is 1. The van der Waals surface area contributed by atoms with Crippen LogP contribution in [0.2, 0.25) is 0 Å². The number of morpholine rings is 1. The number of likely N-dealkylation sites (N-methyl/N-ethyl adjacent to an activating group) is 1. The molecule has 0 bridgehead atoms. The number of hydrogen-bond donors (Lipinski definition) is 2. The number of benzene rings is 2. The van der Waals surface area contributed by atoms with Gasteiger partial charge in [-0.25, -0.2) is 9.18 Å². The molecule has 0 radical (unpaired) electrons. The third-order valence-corrected chi connectivity index (χ3v) is 6.04. The Bertz CT molecular complexity index is 1290. The van der Waals surface area contributed by atoms with E-state index >= 15 is 0 Å². The normalized spacial score (nSPS) is 16.2. The van der Waals surface area contributed by atoms with Crippen LogP contribution in [0.5, 0.6) is 0 Å². The number of aromatic nitrogens is 2. The van der Waals surface area contributed by atoms with Crippen molar-refractivity contribution in [2.45, 2.75) is 19.6 Å². The van der Waals surface area contributed by atoms with Crippen LogP contribution in [0.25, 0.3) is 0 Å². The lowest BCUT2D eigenvalue weighted by Crippen LogP contribution is -2.48. The molecule has 1 saturated heterocycles. The van der Waals surface area contributed by atoms with E-state index in [0.29, 0.717) is 19.7 Å². The van der Waals surface area contributed by atoms with Crippen LogP contribution in [0, 0.1) is 5.82 Å². The minimum Gasteiger partial charge on any atom is -0.383 e. The van der Waals surface area contributed by atoms with Gasteiger partial charge < -0.3 is 15.4 Å². The van der Waals surface area contributed by atoms with Gasteiger partial charge in [0, 0.05) is 19.6 Å². The van der Waals surface area contributed by atoms with E-state index < -0.39 is 11.2 Å². The Morgan fingerprint density at radius 3 is 2.57 bits per heavy atom. The van der Waals surface area contributed by atoms with Crippen molar-refractivity contribution in [3.05, 3.63) is 92.4 Å². The number of nitrogens with zero attached hydrogens (tertiary/aromatic N) is 3. The van der Waals surface area contributed by atoms with Crippen LogP contribution >= 0.6 is 0 Å². The molecule has 1 atom stereocenters. The summed E-state index contributed by atoms with van der Waals surface area (Å²) in [6.45, 7) is 3.50. The molecule has 4 rings (SSSR count). The van der Waals surface area contributed by atoms with Crippen LogP contribution in [0.1, 0.15) is 24.2 Å². The summed E-state index contributed by atoms with van der Waals surface area (Å²) in [5.74, 6) is -0.718. The fourth-order valence-corrected chi connectivity index (χ4v) is 4.22. The number of amides is 1. The molecule has 10 heteroatoms. The lowest BCUT2D eigenvalue weighted by atomic mass is 10.1. The van der Waals surface area contributed by atoms with Crippen LogP contribution in [-0.2, 0) is 16.1 Å². The third-order valence-electron chi connectivity index (χ3n) is 6.04. The van der Waals surface area contributed by atoms with E-state index in [9.17, 15) is 18.8 Å². The van der Waals surface area contributed by atoms with Gasteiger partial charge in [0.05, 0.1) is 25.8 Å². The van der Waals surface area contributed by atoms with Gasteiger partial charge in [0.25, 0.3) is 5.56 Å². The molecule has 1 aliphatic heterocycles. The molecule has 184 valence electrons. The van der Waals surface area contributed by atoms with Gasteiger partial charge in [-0.05, 0) is 30.2 Å². The van der Waals surface area contributed by atoms with Crippen molar-refractivity contribution in [2.75, 3.05) is 43.4 Å². The third kappa shape index (κ3) is 5.50. The summed E-state index contributed by atoms with van der Waals surface area (Å²) in [6.07, 6.45) is -0.298. The first-order chi connectivity index (χ1) is 16.9. The molecule has 0 saturated carbocycles. The largest absolute Gasteiger partial charge is 0.383 e. The summed E-state index contributed by atoms with van der Waals surface area (Å²) in [5.41, 5.74) is 6.53. The van der Waals surface area contributed by atoms with Crippen LogP contribution in [-0.4, -0.2) is 53.1 Å². The Hall–Kier alpha value is -3.76. The van der Waals surface area contributed by atoms with Crippen LogP contribution in [0.15, 0.2) is 64.2 Å². The standard InChI is InChI=1S/C25H28FN5O4/c1-2-30(21(32)16-29-12-13-35-20(15-29)18-8-10-19(26)11-9-18)22-23(27)31(25(34)28-24(22)33)14-17-6-4-3-5-7-17/h3-11,20H,2,12-16,27H2,1H3,(H,28,33,34). The minimum atomic E-state index is -0.710. The van der Waals surface area contributed by atoms with Crippen LogP contribution < -0.4 is 21.9 Å². The molecule has 1 aromatic heterocycles. The second kappa shape index (κ2) is 10.7. The second-order valence-electron chi connectivity index (χ2n) is 8.35. The Kier molecular flexibility index (Phi) is 7.42. The fourth-order valence-electron chi connectivity index (χ4n) is 4.22. The molecule has 1 fully saturated rings. The van der Waals surface area contributed by atoms with E-state index in [0.717, 1.165) is 11.1 Å². The number of ether oxygens (including phenoxy) is 1. The van der Waals surface area contributed by atoms with Gasteiger partial charge in [-0.15, -0.1) is 0 Å². The predicted molar refractivity (Wildman–Crippen MR) is 131 cm³/mol. The molecule has 9 nitrogen and oxygen atoms in total. The first kappa shape index (κ1) is 24.4. The average Bonchev–Trinajstić information content (AvgIpc) is 2.85. The quantitative estimate of drug-likeness (QED) is 0.531. The number of nitrogen functional groups attached to an aromatic ring is 1. The summed E-state index contributed by atoms with van der Waals surface area (Å²) < 4.78 is 20.3. The van der Waals surface area contributed by atoms with E-state index in [-0.39, 0.29) is 49.0 Å². The number of nitrogens with two attached hydrogens (primary N) is 1. The number of halogens is 1. The molecule has 0 aliphatic carbocycles. The Morgan fingerprint density at radius 2 is 1.89 bits per heavy atom. The highest BCUT2D eigenvalue weighted by Gasteiger charge is 2.28. The van der Waals surface area contributed by atoms with Crippen molar-refractivity contribution in [1.82, 2.24) is 14.5 Å². The number of carbonyl (C=O) groups is 1. The Balaban J connectivity index is 1.54. The highest BCUT2D eigenvalue weighted by atomic mass is 19.1. The summed E-state index contributed by atoms with van der Waals surface area (Å²) in [6, 6.07) is 15.3. The molecule has 1 amide bonds. The van der Waals surface area contributed by atoms with E-state index in [1.807, 2.05) is 35.2 Å². The fraction of sp³-hybridized carbons (Fsp3) is 0.320. The summed E-state index contributed by atoms with van der Waals surface area (Å²) >= 11 is 0. The molecular weight excluding hydrogens is 453 g/mol. The van der Waals surface area contributed by atoms with Gasteiger partial charge in [-0.3, -0.25) is 24.0 Å². The number of anilines is 2. The molecule has 0 spiro atoms. The van der Waals surface area contributed by atoms with Crippen molar-refractivity contribution in [3.8, 4) is 0 Å². The molecule has 1 aliphatic rings. The smallest absolute Gasteiger partial charge is 0.330 e. The number of H-pyrrole nitrogens is 1. The first-order valence-corrected chi connectivity index (χ1v) is 11.4. The van der Waals surface area contributed by atoms with Crippen LogP contribution in [0.3, 0.4) is 0 Å². The number of hydrogen-bond acceptors (Lipinski definition) is 6. The molecule has 35 heavy (non-hydrogen) atoms. The van der Waals surface area contributed by atoms with Gasteiger partial charge in [0.15, 0.2) is 5.69 Å². The zero-order chi connectivity index (χ0) is 24.9. The zero-order valence-corrected chi connectivity index (χ0v) is 19.4. The average molecular weight is 482 g/mol. The minimum absolute atomic E-state index is 0.0333. The maximum absolute atomic E-state index is 13.3. The van der Waals surface area contributed by atoms with Crippen molar-refractivity contribution in [1.29, 1.82) is 0 Å². The maximum Gasteiger partial charge on any atom is 0.330 e. The highest BCUT2D eigenvalue weighted by Crippen LogP contribution is 2.23. The molecule has 2 heterocycles. The van der Waals surface area contributed by atoms with Crippen molar-refractivity contribution in [2.24, 2.45) is 0 Å². The molecule has 3 aromatic rings. The van der Waals surface area contributed by atoms with E-state index in [1.165, 1.54) is 21.6 Å². The van der Waals surface area contributed by atoms with Crippen LogP contribution in [0.4, 0.5) is 15.9 Å². The van der Waals surface area contributed by atoms with Gasteiger partial charge >= 0.3 is 5.69 Å². The topological polar surface area (TPSA) is 114 Å². The highest BCUT2D eigenvalue weighted by molar-refractivity contribution is 5.96. The van der Waals surface area contributed by atoms with E-state index in [1.54, 1.807) is 19.1 Å². The summed E-state index contributed by atoms with van der Waals surface area (Å²) in [7, 11) is 0. The van der Waals surface area contributed by atoms with Gasteiger partial charge in [0.1, 0.15) is 11.6 Å². The number of aromatic amines is 1. The summed E-state index contributed by atoms with van der Waals surface area (Å²) in [4.78, 5) is 44.0. The lowest BCUT2D eigenvalue weighted by molar-refractivity contribution is -0.121. The number of rotatable bonds is 7. The zero-order valence-electron chi connectivity index (χ0n) is 19.4. The van der Waals surface area contributed by atoms with Gasteiger partial charge in [-0.1, -0.05) is 42.5 Å². The van der Waals surface area contributed by atoms with Crippen molar-refractivity contribution >= 4 is 17.4 Å². The lowest BCUT2D eigenvalue weighted by Gasteiger charge is -2.34. The second-order valence-corrected chi connectivity index (χ2v) is 8.35. The SMILES string of the molecule is CCN(C(=O)CN1CCOC(c2ccc(F)cc2)C1)c1c(N)n(Cc2ccccc2)c(=O)[nH]c1=O. The van der Waals surface area contributed by atoms with Crippen molar-refractivity contribution in [3.63, 3.8) is 0 Å². The van der Waals surface area contributed by atoms with E-state index in [2.05, 4.69) is 4.98 Å². The Labute approximate surface area is 201 Å². The molecular formula is C25H28FN5O4. The number of nitrogens with one attached hydrogen (secondary N) is 1. The summed E-state index contributed by atoms with van der Waals surface area (Å²) in [5, 5.41) is 0. The molecule has 1 unspecified atom stereocenters. The maximum atomic E-state index is 13.3. The van der Waals surface area contributed by atoms with Gasteiger partial charge in [0.2, 0.25) is 5.91 Å². The molecule has 3 N–H and O–H groups in total. The van der Waals surface area contributed by atoms with Gasteiger partial charge in [-0.2, -0.15) is 0 Å². The van der Waals surface area contributed by atoms with E-state index in [4.69, 9.17) is 10.5 Å². The first-order valence-electron chi connectivity index (χ1n) is 11.4. The monoisotopic (exact) mass is 481 g/mol. The molecule has 2 aromatic carbocycles.